The zero-order valence-corrected chi connectivity index (χ0v) is 16.0. The van der Waals surface area contributed by atoms with Crippen LogP contribution in [0, 0.1) is 13.8 Å². The number of thiazole rings is 1. The largest absolute Gasteiger partial charge is 0.312 e. The first kappa shape index (κ1) is 17.0. The van der Waals surface area contributed by atoms with Gasteiger partial charge in [0.1, 0.15) is 5.01 Å². The Morgan fingerprint density at radius 1 is 1.15 bits per heavy atom. The van der Waals surface area contributed by atoms with E-state index in [-0.39, 0.29) is 5.91 Å². The van der Waals surface area contributed by atoms with Gasteiger partial charge < -0.3 is 4.90 Å². The lowest BCUT2D eigenvalue weighted by Gasteiger charge is -2.31. The molecule has 0 spiro atoms. The van der Waals surface area contributed by atoms with E-state index in [0.717, 1.165) is 41.3 Å². The van der Waals surface area contributed by atoms with Gasteiger partial charge in [0.25, 0.3) is 0 Å². The molecule has 0 atom stereocenters. The lowest BCUT2D eigenvalue weighted by atomic mass is 9.98. The van der Waals surface area contributed by atoms with Crippen molar-refractivity contribution in [2.75, 3.05) is 11.4 Å². The molecule has 0 saturated carbocycles. The number of anilines is 1. The number of carbonyl (C=O) groups excluding carboxylic acids is 1. The SMILES string of the molecule is Cc1ccc(-c2nc(CC(=O)N3CCCc4cccc(C)c43)cs2)cc1. The second-order valence-corrected chi connectivity index (χ2v) is 7.78. The third kappa shape index (κ3) is 3.29. The maximum atomic E-state index is 13.0. The molecule has 0 aliphatic carbocycles. The van der Waals surface area contributed by atoms with Gasteiger partial charge in [-0.25, -0.2) is 4.98 Å². The zero-order valence-electron chi connectivity index (χ0n) is 15.2. The molecule has 2 heterocycles. The minimum absolute atomic E-state index is 0.140. The number of nitrogens with zero attached hydrogens (tertiary/aromatic N) is 2. The average molecular weight is 362 g/mol. The first-order valence-electron chi connectivity index (χ1n) is 9.02. The number of para-hydroxylation sites is 1. The van der Waals surface area contributed by atoms with E-state index in [1.54, 1.807) is 11.3 Å². The number of hydrogen-bond donors (Lipinski definition) is 0. The molecule has 0 saturated heterocycles. The Balaban J connectivity index is 1.54. The summed E-state index contributed by atoms with van der Waals surface area (Å²) in [6, 6.07) is 14.7. The molecule has 4 rings (SSSR count). The van der Waals surface area contributed by atoms with Crippen molar-refractivity contribution >= 4 is 22.9 Å². The molecule has 3 aromatic rings. The average Bonchev–Trinajstić information content (AvgIpc) is 3.10. The lowest BCUT2D eigenvalue weighted by Crippen LogP contribution is -2.37. The predicted molar refractivity (Wildman–Crippen MR) is 108 cm³/mol. The molecule has 4 heteroatoms. The minimum Gasteiger partial charge on any atom is -0.312 e. The van der Waals surface area contributed by atoms with Crippen molar-refractivity contribution < 1.29 is 4.79 Å². The second-order valence-electron chi connectivity index (χ2n) is 6.92. The molecule has 26 heavy (non-hydrogen) atoms. The van der Waals surface area contributed by atoms with E-state index in [0.29, 0.717) is 6.42 Å². The van der Waals surface area contributed by atoms with Crippen molar-refractivity contribution in [1.82, 2.24) is 4.98 Å². The van der Waals surface area contributed by atoms with Crippen molar-refractivity contribution in [2.24, 2.45) is 0 Å². The van der Waals surface area contributed by atoms with Crippen molar-refractivity contribution in [3.05, 3.63) is 70.2 Å². The maximum Gasteiger partial charge on any atom is 0.233 e. The van der Waals surface area contributed by atoms with E-state index in [2.05, 4.69) is 56.3 Å². The number of fused-ring (bicyclic) bond motifs is 1. The fourth-order valence-electron chi connectivity index (χ4n) is 3.56. The van der Waals surface area contributed by atoms with Crippen LogP contribution in [0.1, 0.15) is 28.8 Å². The fraction of sp³-hybridized carbons (Fsp3) is 0.273. The highest BCUT2D eigenvalue weighted by Crippen LogP contribution is 2.31. The van der Waals surface area contributed by atoms with Crippen LogP contribution in [-0.2, 0) is 17.6 Å². The molecular formula is C22H22N2OS. The Labute approximate surface area is 158 Å². The molecule has 0 N–H and O–H groups in total. The topological polar surface area (TPSA) is 33.2 Å². The molecule has 1 aliphatic rings. The zero-order chi connectivity index (χ0) is 18.1. The van der Waals surface area contributed by atoms with Crippen LogP contribution in [0.5, 0.6) is 0 Å². The summed E-state index contributed by atoms with van der Waals surface area (Å²) in [6.45, 7) is 4.96. The summed E-state index contributed by atoms with van der Waals surface area (Å²) in [4.78, 5) is 19.6. The van der Waals surface area contributed by atoms with E-state index in [1.807, 2.05) is 10.3 Å². The first-order chi connectivity index (χ1) is 12.6. The molecule has 3 nitrogen and oxygen atoms in total. The number of benzene rings is 2. The smallest absolute Gasteiger partial charge is 0.233 e. The van der Waals surface area contributed by atoms with Gasteiger partial charge in [-0.3, -0.25) is 4.79 Å². The highest BCUT2D eigenvalue weighted by molar-refractivity contribution is 7.13. The van der Waals surface area contributed by atoms with Gasteiger partial charge in [-0.2, -0.15) is 0 Å². The summed E-state index contributed by atoms with van der Waals surface area (Å²) in [5.41, 5.74) is 6.77. The molecule has 0 radical (unpaired) electrons. The second kappa shape index (κ2) is 7.04. The molecule has 1 aromatic heterocycles. The predicted octanol–water partition coefficient (Wildman–Crippen LogP) is 4.95. The molecule has 132 valence electrons. The monoisotopic (exact) mass is 362 g/mol. The minimum atomic E-state index is 0.140. The van der Waals surface area contributed by atoms with Crippen LogP contribution in [0.4, 0.5) is 5.69 Å². The number of rotatable bonds is 3. The van der Waals surface area contributed by atoms with Crippen molar-refractivity contribution in [3.8, 4) is 10.6 Å². The number of amides is 1. The van der Waals surface area contributed by atoms with Gasteiger partial charge in [0.2, 0.25) is 5.91 Å². The Bertz CT molecular complexity index is 943. The standard InChI is InChI=1S/C22H22N2OS/c1-15-8-10-18(11-9-15)22-23-19(14-26-22)13-20(25)24-12-4-7-17-6-3-5-16(2)21(17)24/h3,5-6,8-11,14H,4,7,12-13H2,1-2H3. The summed E-state index contributed by atoms with van der Waals surface area (Å²) in [5.74, 6) is 0.140. The molecule has 2 aromatic carbocycles. The van der Waals surface area contributed by atoms with Gasteiger partial charge in [-0.1, -0.05) is 48.0 Å². The molecule has 0 bridgehead atoms. The van der Waals surface area contributed by atoms with Gasteiger partial charge in [-0.15, -0.1) is 11.3 Å². The van der Waals surface area contributed by atoms with Crippen LogP contribution in [0.3, 0.4) is 0 Å². The number of aromatic nitrogens is 1. The van der Waals surface area contributed by atoms with E-state index in [4.69, 9.17) is 4.98 Å². The highest BCUT2D eigenvalue weighted by atomic mass is 32.1. The molecular weight excluding hydrogens is 340 g/mol. The number of carbonyl (C=O) groups is 1. The van der Waals surface area contributed by atoms with Gasteiger partial charge >= 0.3 is 0 Å². The Morgan fingerprint density at radius 2 is 1.96 bits per heavy atom. The number of aryl methyl sites for hydroxylation is 3. The van der Waals surface area contributed by atoms with Gasteiger partial charge in [0.05, 0.1) is 12.1 Å². The third-order valence-electron chi connectivity index (χ3n) is 4.90. The Morgan fingerprint density at radius 3 is 2.77 bits per heavy atom. The summed E-state index contributed by atoms with van der Waals surface area (Å²) in [6.07, 6.45) is 2.43. The Hall–Kier alpha value is -2.46. The summed E-state index contributed by atoms with van der Waals surface area (Å²) in [5, 5.41) is 2.98. The van der Waals surface area contributed by atoms with E-state index in [1.165, 1.54) is 16.7 Å². The third-order valence-corrected chi connectivity index (χ3v) is 5.84. The molecule has 0 fully saturated rings. The normalized spacial score (nSPS) is 13.5. The van der Waals surface area contributed by atoms with Crippen LogP contribution in [0.15, 0.2) is 47.8 Å². The number of hydrogen-bond acceptors (Lipinski definition) is 3. The van der Waals surface area contributed by atoms with Crippen molar-refractivity contribution in [1.29, 1.82) is 0 Å². The highest BCUT2D eigenvalue weighted by Gasteiger charge is 2.24. The molecule has 0 unspecified atom stereocenters. The first-order valence-corrected chi connectivity index (χ1v) is 9.90. The van der Waals surface area contributed by atoms with Gasteiger partial charge in [0, 0.05) is 23.2 Å². The lowest BCUT2D eigenvalue weighted by molar-refractivity contribution is -0.118. The van der Waals surface area contributed by atoms with E-state index in [9.17, 15) is 4.79 Å². The Kier molecular flexibility index (Phi) is 4.60. The summed E-state index contributed by atoms with van der Waals surface area (Å²) < 4.78 is 0. The molecule has 1 amide bonds. The maximum absolute atomic E-state index is 13.0. The van der Waals surface area contributed by atoms with Crippen LogP contribution in [-0.4, -0.2) is 17.4 Å². The van der Waals surface area contributed by atoms with Crippen LogP contribution < -0.4 is 4.90 Å². The van der Waals surface area contributed by atoms with Gasteiger partial charge in [-0.05, 0) is 37.8 Å². The van der Waals surface area contributed by atoms with Gasteiger partial charge in [0.15, 0.2) is 0 Å². The van der Waals surface area contributed by atoms with Crippen molar-refractivity contribution in [3.63, 3.8) is 0 Å². The van der Waals surface area contributed by atoms with Crippen LogP contribution in [0.2, 0.25) is 0 Å². The van der Waals surface area contributed by atoms with E-state index >= 15 is 0 Å². The fourth-order valence-corrected chi connectivity index (χ4v) is 4.39. The van der Waals surface area contributed by atoms with E-state index < -0.39 is 0 Å². The molecule has 1 aliphatic heterocycles. The summed E-state index contributed by atoms with van der Waals surface area (Å²) >= 11 is 1.60. The summed E-state index contributed by atoms with van der Waals surface area (Å²) in [7, 11) is 0. The van der Waals surface area contributed by atoms with Crippen LogP contribution in [0.25, 0.3) is 10.6 Å². The van der Waals surface area contributed by atoms with Crippen LogP contribution >= 0.6 is 11.3 Å². The quantitative estimate of drug-likeness (QED) is 0.660. The van der Waals surface area contributed by atoms with Crippen molar-refractivity contribution in [2.45, 2.75) is 33.1 Å².